The molecule has 164 valence electrons. The third-order valence-corrected chi connectivity index (χ3v) is 3.62. The smallest absolute Gasteiger partial charge is 0.320 e. The second-order valence-electron chi connectivity index (χ2n) is 4.93. The van der Waals surface area contributed by atoms with Crippen LogP contribution in [0.25, 0.3) is 0 Å². The molecule has 1 aliphatic heterocycles. The number of phosphoric ester groups is 1. The van der Waals surface area contributed by atoms with Gasteiger partial charge in [0.1, 0.15) is 6.73 Å². The predicted molar refractivity (Wildman–Crippen MR) is 119 cm³/mol. The molecule has 0 aromatic heterocycles. The van der Waals surface area contributed by atoms with Gasteiger partial charge in [0.25, 0.3) is 5.91 Å². The van der Waals surface area contributed by atoms with E-state index in [2.05, 4.69) is 16.4 Å². The normalized spacial score (nSPS) is 15.2. The Bertz CT molecular complexity index is 727. The maximum absolute atomic E-state index is 12.6. The van der Waals surface area contributed by atoms with E-state index in [1.165, 1.54) is 11.0 Å². The zero-order valence-electron chi connectivity index (χ0n) is 18.5. The van der Waals surface area contributed by atoms with Crippen molar-refractivity contribution in [1.29, 1.82) is 0 Å². The minimum Gasteiger partial charge on any atom is -0.320 e. The maximum atomic E-state index is 12.6. The van der Waals surface area contributed by atoms with E-state index in [1.54, 1.807) is 57.2 Å². The molecule has 0 aromatic carbocycles. The van der Waals surface area contributed by atoms with Crippen LogP contribution in [0, 0.1) is 0 Å². The molecule has 0 spiro atoms. The van der Waals surface area contributed by atoms with Gasteiger partial charge in [-0.05, 0) is 39.0 Å². The fourth-order valence-electron chi connectivity index (χ4n) is 2.24. The van der Waals surface area contributed by atoms with Crippen LogP contribution >= 0.6 is 7.82 Å². The van der Waals surface area contributed by atoms with Gasteiger partial charge in [-0.1, -0.05) is 58.6 Å². The highest BCUT2D eigenvalue weighted by Gasteiger charge is 2.27. The minimum atomic E-state index is -4.70. The molecular weight excluding hydrogens is 391 g/mol. The molecule has 0 saturated heterocycles. The van der Waals surface area contributed by atoms with Crippen LogP contribution in [0.5, 0.6) is 0 Å². The van der Waals surface area contributed by atoms with E-state index in [0.29, 0.717) is 22.7 Å². The number of nitrogens with one attached hydrogen (secondary N) is 1. The quantitative estimate of drug-likeness (QED) is 0.500. The van der Waals surface area contributed by atoms with Crippen molar-refractivity contribution in [2.45, 2.75) is 48.5 Å². The molecule has 0 saturated carbocycles. The van der Waals surface area contributed by atoms with Gasteiger partial charge in [0.2, 0.25) is 0 Å². The van der Waals surface area contributed by atoms with Gasteiger partial charge in [0.05, 0.1) is 22.7 Å². The number of carbonyl (C=O) groups is 1. The lowest BCUT2D eigenvalue weighted by Gasteiger charge is -2.27. The van der Waals surface area contributed by atoms with E-state index >= 15 is 0 Å². The van der Waals surface area contributed by atoms with E-state index < -0.39 is 14.6 Å². The van der Waals surface area contributed by atoms with Crippen LogP contribution in [0.3, 0.4) is 0 Å². The molecule has 0 aliphatic carbocycles. The Kier molecular flexibility index (Phi) is 15.7. The van der Waals surface area contributed by atoms with Crippen LogP contribution < -0.4 is 5.32 Å². The van der Waals surface area contributed by atoms with Crippen molar-refractivity contribution in [1.82, 2.24) is 10.2 Å². The number of nitrogens with zero attached hydrogens (tertiary/aromatic N) is 1. The maximum Gasteiger partial charge on any atom is 0.471 e. The van der Waals surface area contributed by atoms with E-state index in [-0.39, 0.29) is 5.91 Å². The topological polar surface area (TPSA) is 99.1 Å². The zero-order chi connectivity index (χ0) is 23.0. The first-order valence-electron chi connectivity index (χ1n) is 9.57. The number of allylic oxidation sites excluding steroid dienone is 6. The highest BCUT2D eigenvalue weighted by molar-refractivity contribution is 7.46. The number of hydrogen-bond acceptors (Lipinski definition) is 4. The number of hydrogen-bond donors (Lipinski definition) is 3. The van der Waals surface area contributed by atoms with Gasteiger partial charge in [0.15, 0.2) is 0 Å². The first-order chi connectivity index (χ1) is 13.8. The highest BCUT2D eigenvalue weighted by atomic mass is 31.2. The zero-order valence-corrected chi connectivity index (χ0v) is 19.4. The Morgan fingerprint density at radius 1 is 1.00 bits per heavy atom. The third kappa shape index (κ3) is 9.72. The summed E-state index contributed by atoms with van der Waals surface area (Å²) in [5.74, 6) is -0.359. The van der Waals surface area contributed by atoms with Crippen LogP contribution in [0.15, 0.2) is 71.8 Å². The summed E-state index contributed by atoms with van der Waals surface area (Å²) in [4.78, 5) is 32.2. The van der Waals surface area contributed by atoms with Gasteiger partial charge < -0.3 is 20.0 Å². The van der Waals surface area contributed by atoms with Crippen molar-refractivity contribution in [3.05, 3.63) is 71.8 Å². The molecule has 3 N–H and O–H groups in total. The first kappa shape index (κ1) is 29.0. The molecule has 1 rings (SSSR count). The Hall–Kier alpha value is -2.18. The predicted octanol–water partition coefficient (Wildman–Crippen LogP) is 4.92. The average molecular weight is 426 g/mol. The monoisotopic (exact) mass is 426 g/mol. The SMILES string of the molecule is C=CC1=C(/C=C\C)C(=O)NC(/C=C\C)=C(/C=C\C)N1COP(=O)(O)O.CC.CC. The van der Waals surface area contributed by atoms with Gasteiger partial charge in [-0.3, -0.25) is 9.32 Å². The lowest BCUT2D eigenvalue weighted by Crippen LogP contribution is -2.25. The molecule has 0 fully saturated rings. The fraction of sp³-hybridized carbons (Fsp3) is 0.381. The highest BCUT2D eigenvalue weighted by Crippen LogP contribution is 2.37. The van der Waals surface area contributed by atoms with Gasteiger partial charge in [-0.15, -0.1) is 0 Å². The molecule has 0 bridgehead atoms. The summed E-state index contributed by atoms with van der Waals surface area (Å²) in [7, 11) is -4.70. The van der Waals surface area contributed by atoms with Crippen LogP contribution in [0.1, 0.15) is 48.5 Å². The molecule has 1 heterocycles. The largest absolute Gasteiger partial charge is 0.471 e. The first-order valence-corrected chi connectivity index (χ1v) is 11.1. The van der Waals surface area contributed by atoms with Crippen LogP contribution in [0.2, 0.25) is 0 Å². The van der Waals surface area contributed by atoms with Crippen LogP contribution in [-0.4, -0.2) is 27.3 Å². The van der Waals surface area contributed by atoms with Crippen LogP contribution in [-0.2, 0) is 13.9 Å². The van der Waals surface area contributed by atoms with Crippen LogP contribution in [0.4, 0.5) is 0 Å². The van der Waals surface area contributed by atoms with Crippen molar-refractivity contribution in [3.8, 4) is 0 Å². The van der Waals surface area contributed by atoms with E-state index in [1.807, 2.05) is 27.7 Å². The molecule has 0 unspecified atom stereocenters. The lowest BCUT2D eigenvalue weighted by atomic mass is 10.1. The second kappa shape index (κ2) is 15.7. The molecule has 1 aliphatic rings. The summed E-state index contributed by atoms with van der Waals surface area (Å²) >= 11 is 0. The van der Waals surface area contributed by atoms with Gasteiger partial charge in [-0.25, -0.2) is 4.57 Å². The van der Waals surface area contributed by atoms with Gasteiger partial charge in [-0.2, -0.15) is 0 Å². The lowest BCUT2D eigenvalue weighted by molar-refractivity contribution is -0.116. The number of phosphoric acid groups is 1. The van der Waals surface area contributed by atoms with Gasteiger partial charge in [0, 0.05) is 0 Å². The van der Waals surface area contributed by atoms with E-state index in [9.17, 15) is 9.36 Å². The van der Waals surface area contributed by atoms with E-state index in [0.717, 1.165) is 0 Å². The van der Waals surface area contributed by atoms with Crippen molar-refractivity contribution in [3.63, 3.8) is 0 Å². The minimum absolute atomic E-state index is 0.299. The standard InChI is InChI=1S/C17H23N2O5P.2C2H6/c1-5-9-13-15(8-4)19(12-24-25(21,22)23)16(11-7-3)14(10-6-2)18-17(13)20;2*1-2/h5-11H,4,12H2,1-3H3,(H,18,20)(H2,21,22,23);2*1-2H3/b9-5-,10-6-,11-7-;;. The number of amides is 1. The summed E-state index contributed by atoms with van der Waals surface area (Å²) in [6.07, 6.45) is 11.6. The Labute approximate surface area is 175 Å². The van der Waals surface area contributed by atoms with Crippen molar-refractivity contribution in [2.75, 3.05) is 6.73 Å². The molecule has 7 nitrogen and oxygen atoms in total. The molecule has 29 heavy (non-hydrogen) atoms. The Morgan fingerprint density at radius 2 is 1.52 bits per heavy atom. The van der Waals surface area contributed by atoms with Crippen molar-refractivity contribution in [2.24, 2.45) is 0 Å². The average Bonchev–Trinajstić information content (AvgIpc) is 2.79. The van der Waals surface area contributed by atoms with Crippen molar-refractivity contribution < 1.29 is 23.7 Å². The molecule has 0 aromatic rings. The molecule has 1 amide bonds. The summed E-state index contributed by atoms with van der Waals surface area (Å²) < 4.78 is 15.8. The summed E-state index contributed by atoms with van der Waals surface area (Å²) in [5, 5.41) is 2.80. The third-order valence-electron chi connectivity index (χ3n) is 3.17. The Morgan fingerprint density at radius 3 is 1.93 bits per heavy atom. The van der Waals surface area contributed by atoms with E-state index in [4.69, 9.17) is 9.79 Å². The summed E-state index contributed by atoms with van der Waals surface area (Å²) in [6, 6.07) is 0. The van der Waals surface area contributed by atoms with Gasteiger partial charge >= 0.3 is 7.82 Å². The number of rotatable bonds is 7. The molecule has 0 atom stereocenters. The number of carbonyl (C=O) groups excluding carboxylic acids is 1. The second-order valence-corrected chi connectivity index (χ2v) is 6.17. The van der Waals surface area contributed by atoms with Crippen molar-refractivity contribution >= 4 is 13.7 Å². The Balaban J connectivity index is 0. The fourth-order valence-corrected chi connectivity index (χ4v) is 2.51. The summed E-state index contributed by atoms with van der Waals surface area (Å²) in [6.45, 7) is 16.6. The molecule has 0 radical (unpaired) electrons. The molecule has 8 heteroatoms. The summed E-state index contributed by atoms with van der Waals surface area (Å²) in [5.41, 5.74) is 1.65. The molecular formula is C21H35N2O5P.